The van der Waals surface area contributed by atoms with E-state index in [2.05, 4.69) is 65.8 Å². The van der Waals surface area contributed by atoms with Crippen molar-refractivity contribution in [1.29, 1.82) is 0 Å². The zero-order chi connectivity index (χ0) is 21.0. The molecule has 0 heterocycles. The summed E-state index contributed by atoms with van der Waals surface area (Å²) in [6.45, 7) is 14.6. The van der Waals surface area contributed by atoms with Crippen LogP contribution in [0.2, 0.25) is 0 Å². The fourth-order valence-corrected chi connectivity index (χ4v) is 7.59. The van der Waals surface area contributed by atoms with Crippen LogP contribution in [0.15, 0.2) is 35.5 Å². The Balaban J connectivity index is 1.57. The van der Waals surface area contributed by atoms with Crippen LogP contribution in [-0.4, -0.2) is 11.2 Å². The van der Waals surface area contributed by atoms with Crippen molar-refractivity contribution in [1.82, 2.24) is 0 Å². The smallest absolute Gasteiger partial charge is 0.0578 e. The molecule has 3 fully saturated rings. The molecule has 3 saturated carbocycles. The maximum atomic E-state index is 10.2. The monoisotopic (exact) mass is 396 g/mol. The van der Waals surface area contributed by atoms with Gasteiger partial charge in [0.2, 0.25) is 0 Å². The quantitative estimate of drug-likeness (QED) is 0.493. The molecule has 1 heteroatoms. The Morgan fingerprint density at radius 3 is 2.41 bits per heavy atom. The first-order valence-electron chi connectivity index (χ1n) is 12.4. The summed E-state index contributed by atoms with van der Waals surface area (Å²) >= 11 is 0. The Bertz CT molecular complexity index is 712. The highest BCUT2D eigenvalue weighted by atomic mass is 16.3. The van der Waals surface area contributed by atoms with Gasteiger partial charge in [-0.15, -0.1) is 0 Å². The Morgan fingerprint density at radius 1 is 0.931 bits per heavy atom. The fourth-order valence-electron chi connectivity index (χ4n) is 7.59. The fraction of sp³-hybridized carbons (Fsp3) is 0.786. The molecule has 0 aromatic carbocycles. The van der Waals surface area contributed by atoms with Crippen LogP contribution in [0.1, 0.15) is 86.5 Å². The van der Waals surface area contributed by atoms with Gasteiger partial charge in [0.05, 0.1) is 6.10 Å². The van der Waals surface area contributed by atoms with Gasteiger partial charge in [-0.3, -0.25) is 0 Å². The molecular weight excluding hydrogens is 352 g/mol. The van der Waals surface area contributed by atoms with Crippen LogP contribution in [0.4, 0.5) is 0 Å². The van der Waals surface area contributed by atoms with Gasteiger partial charge >= 0.3 is 0 Å². The molecular formula is C28H44O. The predicted molar refractivity (Wildman–Crippen MR) is 123 cm³/mol. The highest BCUT2D eigenvalue weighted by molar-refractivity contribution is 5.39. The van der Waals surface area contributed by atoms with Crippen molar-refractivity contribution < 1.29 is 5.11 Å². The lowest BCUT2D eigenvalue weighted by Gasteiger charge is -2.55. The summed E-state index contributed by atoms with van der Waals surface area (Å²) in [5.74, 6) is 4.38. The first-order chi connectivity index (χ1) is 13.7. The summed E-state index contributed by atoms with van der Waals surface area (Å²) in [6, 6.07) is 0. The zero-order valence-electron chi connectivity index (χ0n) is 19.7. The minimum absolute atomic E-state index is 0.116. The third-order valence-corrected chi connectivity index (χ3v) is 10.0. The van der Waals surface area contributed by atoms with Gasteiger partial charge in [0, 0.05) is 0 Å². The molecule has 4 rings (SSSR count). The second-order valence-corrected chi connectivity index (χ2v) is 11.9. The first-order valence-corrected chi connectivity index (χ1v) is 12.4. The minimum atomic E-state index is -0.116. The molecule has 1 N–H and O–H groups in total. The number of hydrogen-bond acceptors (Lipinski definition) is 1. The molecule has 29 heavy (non-hydrogen) atoms. The highest BCUT2D eigenvalue weighted by Crippen LogP contribution is 2.65. The Morgan fingerprint density at radius 2 is 1.69 bits per heavy atom. The van der Waals surface area contributed by atoms with E-state index in [1.807, 2.05) is 0 Å². The van der Waals surface area contributed by atoms with Crippen molar-refractivity contribution in [3.63, 3.8) is 0 Å². The second-order valence-electron chi connectivity index (χ2n) is 11.9. The largest absolute Gasteiger partial charge is 0.393 e. The lowest BCUT2D eigenvalue weighted by Crippen LogP contribution is -2.46. The van der Waals surface area contributed by atoms with E-state index in [1.54, 1.807) is 5.57 Å². The van der Waals surface area contributed by atoms with Gasteiger partial charge in [-0.25, -0.2) is 0 Å². The third kappa shape index (κ3) is 3.50. The molecule has 0 spiro atoms. The van der Waals surface area contributed by atoms with E-state index in [0.29, 0.717) is 22.7 Å². The Kier molecular flexibility index (Phi) is 5.69. The standard InChI is InChI=1S/C28H44O/c1-18(2)19(3)7-8-20(4)24-11-12-25-23-10-9-21-17-22(29)13-15-27(21,5)26(23)14-16-28(24,25)6/h7-10,18-20,22,24-26,29H,11-17H2,1-6H3/b8-7+/t19-,20+,22-,24+,25-,26?,27-,28+/m0/s1. The Labute approximate surface area is 179 Å². The summed E-state index contributed by atoms with van der Waals surface area (Å²) in [7, 11) is 0. The molecule has 0 radical (unpaired) electrons. The van der Waals surface area contributed by atoms with Crippen LogP contribution < -0.4 is 0 Å². The van der Waals surface area contributed by atoms with Crippen molar-refractivity contribution >= 4 is 0 Å². The molecule has 1 nitrogen and oxygen atoms in total. The summed E-state index contributed by atoms with van der Waals surface area (Å²) in [4.78, 5) is 0. The maximum Gasteiger partial charge on any atom is 0.0578 e. The normalized spacial score (nSPS) is 44.0. The number of fused-ring (bicyclic) bond motifs is 5. The average molecular weight is 397 g/mol. The van der Waals surface area contributed by atoms with E-state index in [4.69, 9.17) is 0 Å². The van der Waals surface area contributed by atoms with E-state index in [-0.39, 0.29) is 6.10 Å². The molecule has 8 atom stereocenters. The lowest BCUT2D eigenvalue weighted by atomic mass is 9.50. The van der Waals surface area contributed by atoms with Crippen LogP contribution in [0.5, 0.6) is 0 Å². The van der Waals surface area contributed by atoms with E-state index in [9.17, 15) is 5.11 Å². The second kappa shape index (κ2) is 7.70. The summed E-state index contributed by atoms with van der Waals surface area (Å²) in [5.41, 5.74) is 4.07. The molecule has 0 bridgehead atoms. The van der Waals surface area contributed by atoms with Crippen LogP contribution in [0, 0.1) is 46.3 Å². The van der Waals surface area contributed by atoms with Crippen LogP contribution in [0.25, 0.3) is 0 Å². The van der Waals surface area contributed by atoms with E-state index < -0.39 is 0 Å². The van der Waals surface area contributed by atoms with Crippen molar-refractivity contribution in [2.75, 3.05) is 0 Å². The molecule has 4 aliphatic rings. The molecule has 0 saturated heterocycles. The van der Waals surface area contributed by atoms with Gasteiger partial charge in [-0.2, -0.15) is 0 Å². The summed E-state index contributed by atoms with van der Waals surface area (Å²) < 4.78 is 0. The summed E-state index contributed by atoms with van der Waals surface area (Å²) in [6.07, 6.45) is 18.4. The minimum Gasteiger partial charge on any atom is -0.393 e. The molecule has 162 valence electrons. The van der Waals surface area contributed by atoms with E-state index in [1.165, 1.54) is 37.7 Å². The van der Waals surface area contributed by atoms with Crippen molar-refractivity contribution in [3.05, 3.63) is 35.5 Å². The van der Waals surface area contributed by atoms with Crippen LogP contribution >= 0.6 is 0 Å². The molecule has 0 aromatic heterocycles. The van der Waals surface area contributed by atoms with Gasteiger partial charge in [-0.1, -0.05) is 77.0 Å². The molecule has 4 aliphatic carbocycles. The van der Waals surface area contributed by atoms with Crippen LogP contribution in [0.3, 0.4) is 0 Å². The Hall–Kier alpha value is -0.820. The van der Waals surface area contributed by atoms with Crippen molar-refractivity contribution in [3.8, 4) is 0 Å². The summed E-state index contributed by atoms with van der Waals surface area (Å²) in [5, 5.41) is 10.2. The average Bonchev–Trinajstić information content (AvgIpc) is 3.03. The van der Waals surface area contributed by atoms with E-state index >= 15 is 0 Å². The van der Waals surface area contributed by atoms with Gasteiger partial charge < -0.3 is 5.11 Å². The number of allylic oxidation sites excluding steroid dienone is 5. The SMILES string of the molecule is CC(C)[C@@H](C)/C=C/[C@@H](C)[C@H]1CC[C@H]2C3=CC=C4C[C@@H](O)CC[C@]4(C)C3CC[C@]12C. The molecule has 0 aromatic rings. The topological polar surface area (TPSA) is 20.2 Å². The highest BCUT2D eigenvalue weighted by Gasteiger charge is 2.56. The van der Waals surface area contributed by atoms with Gasteiger partial charge in [0.25, 0.3) is 0 Å². The van der Waals surface area contributed by atoms with Gasteiger partial charge in [0.1, 0.15) is 0 Å². The van der Waals surface area contributed by atoms with Gasteiger partial charge in [-0.05, 0) is 91.3 Å². The molecule has 0 amide bonds. The molecule has 0 aliphatic heterocycles. The number of aliphatic hydroxyl groups is 1. The maximum absolute atomic E-state index is 10.2. The third-order valence-electron chi connectivity index (χ3n) is 10.0. The predicted octanol–water partition coefficient (Wildman–Crippen LogP) is 7.33. The van der Waals surface area contributed by atoms with Gasteiger partial charge in [0.15, 0.2) is 0 Å². The molecule has 1 unspecified atom stereocenters. The number of hydrogen-bond donors (Lipinski definition) is 1. The van der Waals surface area contributed by atoms with Crippen LogP contribution in [-0.2, 0) is 0 Å². The number of rotatable bonds is 4. The first kappa shape index (κ1) is 21.4. The van der Waals surface area contributed by atoms with Crippen molar-refractivity contribution in [2.24, 2.45) is 46.3 Å². The van der Waals surface area contributed by atoms with E-state index in [0.717, 1.165) is 36.5 Å². The van der Waals surface area contributed by atoms with Crippen molar-refractivity contribution in [2.45, 2.75) is 92.6 Å². The zero-order valence-corrected chi connectivity index (χ0v) is 19.7. The lowest BCUT2D eigenvalue weighted by molar-refractivity contribution is 0.0382. The number of aliphatic hydroxyl groups excluding tert-OH is 1.